The molecule has 6 rings (SSSR count). The largest absolute Gasteiger partial charge is 0.369 e. The Morgan fingerprint density at radius 3 is 2.67 bits per heavy atom. The van der Waals surface area contributed by atoms with Crippen molar-refractivity contribution in [1.82, 2.24) is 19.7 Å². The van der Waals surface area contributed by atoms with E-state index in [9.17, 15) is 0 Å². The molecule has 0 aliphatic carbocycles. The summed E-state index contributed by atoms with van der Waals surface area (Å²) in [7, 11) is 0. The molecule has 5 nitrogen and oxygen atoms in total. The molecule has 1 aliphatic rings. The van der Waals surface area contributed by atoms with Crippen LogP contribution in [0.3, 0.4) is 0 Å². The van der Waals surface area contributed by atoms with Gasteiger partial charge in [-0.25, -0.2) is 4.98 Å². The van der Waals surface area contributed by atoms with Crippen LogP contribution in [0.4, 0.5) is 5.69 Å². The zero-order valence-electron chi connectivity index (χ0n) is 16.5. The maximum absolute atomic E-state index is 4.68. The Hall–Kier alpha value is -3.22. The van der Waals surface area contributed by atoms with Crippen LogP contribution in [0, 0.1) is 0 Å². The van der Waals surface area contributed by atoms with Crippen molar-refractivity contribution in [2.75, 3.05) is 31.1 Å². The number of hydrogen-bond acceptors (Lipinski definition) is 5. The highest BCUT2D eigenvalue weighted by atomic mass is 32.1. The van der Waals surface area contributed by atoms with Crippen LogP contribution in [0.15, 0.2) is 72.5 Å². The van der Waals surface area contributed by atoms with Gasteiger partial charge in [0.25, 0.3) is 0 Å². The summed E-state index contributed by atoms with van der Waals surface area (Å²) >= 11 is 1.72. The molecule has 1 saturated heterocycles. The van der Waals surface area contributed by atoms with Gasteiger partial charge in [0.1, 0.15) is 5.65 Å². The minimum atomic E-state index is 0.948. The molecule has 0 unspecified atom stereocenters. The van der Waals surface area contributed by atoms with E-state index in [0.29, 0.717) is 0 Å². The normalized spacial score (nSPS) is 14.6. The van der Waals surface area contributed by atoms with Crippen molar-refractivity contribution in [2.24, 2.45) is 0 Å². The second kappa shape index (κ2) is 7.23. The molecular weight excluding hydrogens is 390 g/mol. The molecule has 1 aromatic carbocycles. The van der Waals surface area contributed by atoms with E-state index in [4.69, 9.17) is 0 Å². The number of imidazole rings is 1. The Balaban J connectivity index is 1.34. The fraction of sp³-hybridized carbons (Fsp3) is 0.167. The molecule has 1 fully saturated rings. The van der Waals surface area contributed by atoms with Crippen LogP contribution in [-0.2, 0) is 0 Å². The molecule has 1 N–H and O–H groups in total. The SMILES string of the molecule is c1cnc2c(-c3cnc4cc(-c5ccc(N6CCNCC6)cc5)ccn34)csc2c1. The minimum Gasteiger partial charge on any atom is -0.369 e. The molecule has 6 heteroatoms. The van der Waals surface area contributed by atoms with Gasteiger partial charge in [0.2, 0.25) is 0 Å². The first-order valence-corrected chi connectivity index (χ1v) is 11.1. The Morgan fingerprint density at radius 2 is 1.80 bits per heavy atom. The number of nitrogens with zero attached hydrogens (tertiary/aromatic N) is 4. The first-order chi connectivity index (χ1) is 14.9. The third kappa shape index (κ3) is 2.96. The fourth-order valence-electron chi connectivity index (χ4n) is 4.20. The van der Waals surface area contributed by atoms with Gasteiger partial charge in [-0.05, 0) is 47.5 Å². The number of hydrogen-bond donors (Lipinski definition) is 1. The van der Waals surface area contributed by atoms with E-state index in [1.54, 1.807) is 11.3 Å². The van der Waals surface area contributed by atoms with Crippen LogP contribution in [-0.4, -0.2) is 40.5 Å². The first-order valence-electron chi connectivity index (χ1n) is 10.2. The summed E-state index contributed by atoms with van der Waals surface area (Å²) in [5, 5.41) is 5.58. The Kier molecular flexibility index (Phi) is 4.25. The summed E-state index contributed by atoms with van der Waals surface area (Å²) in [6, 6.07) is 17.3. The predicted molar refractivity (Wildman–Crippen MR) is 124 cm³/mol. The fourth-order valence-corrected chi connectivity index (χ4v) is 5.10. The lowest BCUT2D eigenvalue weighted by atomic mass is 10.1. The molecule has 0 bridgehead atoms. The lowest BCUT2D eigenvalue weighted by Crippen LogP contribution is -2.43. The summed E-state index contributed by atoms with van der Waals surface area (Å²) in [5.41, 5.74) is 7.89. The maximum atomic E-state index is 4.68. The number of piperazine rings is 1. The van der Waals surface area contributed by atoms with Crippen molar-refractivity contribution in [2.45, 2.75) is 0 Å². The highest BCUT2D eigenvalue weighted by molar-refractivity contribution is 7.17. The van der Waals surface area contributed by atoms with Gasteiger partial charge in [0, 0.05) is 55.2 Å². The summed E-state index contributed by atoms with van der Waals surface area (Å²) in [6.45, 7) is 4.23. The predicted octanol–water partition coefficient (Wildman–Crippen LogP) is 4.69. The molecule has 0 atom stereocenters. The van der Waals surface area contributed by atoms with Gasteiger partial charge >= 0.3 is 0 Å². The lowest BCUT2D eigenvalue weighted by Gasteiger charge is -2.29. The van der Waals surface area contributed by atoms with Crippen molar-refractivity contribution in [3.8, 4) is 22.4 Å². The van der Waals surface area contributed by atoms with Gasteiger partial charge in [-0.15, -0.1) is 11.3 Å². The van der Waals surface area contributed by atoms with Gasteiger partial charge in [-0.3, -0.25) is 9.38 Å². The summed E-state index contributed by atoms with van der Waals surface area (Å²) in [5.74, 6) is 0. The van der Waals surface area contributed by atoms with E-state index < -0.39 is 0 Å². The maximum Gasteiger partial charge on any atom is 0.137 e. The van der Waals surface area contributed by atoms with E-state index in [0.717, 1.165) is 48.6 Å². The van der Waals surface area contributed by atoms with Crippen molar-refractivity contribution in [3.05, 3.63) is 72.5 Å². The van der Waals surface area contributed by atoms with Gasteiger partial charge < -0.3 is 10.2 Å². The molecule has 30 heavy (non-hydrogen) atoms. The number of nitrogens with one attached hydrogen (secondary N) is 1. The van der Waals surface area contributed by atoms with Crippen molar-refractivity contribution in [1.29, 1.82) is 0 Å². The van der Waals surface area contributed by atoms with Crippen molar-refractivity contribution < 1.29 is 0 Å². The summed E-state index contributed by atoms with van der Waals surface area (Å²) in [4.78, 5) is 11.7. The average Bonchev–Trinajstić information content (AvgIpc) is 3.43. The Morgan fingerprint density at radius 1 is 0.933 bits per heavy atom. The van der Waals surface area contributed by atoms with Crippen LogP contribution >= 0.6 is 11.3 Å². The lowest BCUT2D eigenvalue weighted by molar-refractivity contribution is 0.589. The zero-order chi connectivity index (χ0) is 19.9. The average molecular weight is 412 g/mol. The number of rotatable bonds is 3. The molecule has 0 radical (unpaired) electrons. The van der Waals surface area contributed by atoms with Gasteiger partial charge in [-0.1, -0.05) is 12.1 Å². The molecule has 4 aromatic heterocycles. The van der Waals surface area contributed by atoms with Gasteiger partial charge in [-0.2, -0.15) is 0 Å². The van der Waals surface area contributed by atoms with Crippen LogP contribution in [0.5, 0.6) is 0 Å². The third-order valence-electron chi connectivity index (χ3n) is 5.80. The molecule has 0 spiro atoms. The zero-order valence-corrected chi connectivity index (χ0v) is 17.3. The molecule has 1 aliphatic heterocycles. The molecule has 5 heterocycles. The minimum absolute atomic E-state index is 0.948. The van der Waals surface area contributed by atoms with E-state index in [1.165, 1.54) is 21.5 Å². The Labute approximate surface area is 178 Å². The van der Waals surface area contributed by atoms with E-state index in [1.807, 2.05) is 18.5 Å². The van der Waals surface area contributed by atoms with Gasteiger partial charge in [0.05, 0.1) is 22.1 Å². The topological polar surface area (TPSA) is 45.5 Å². The second-order valence-corrected chi connectivity index (χ2v) is 8.48. The van der Waals surface area contributed by atoms with Crippen LogP contribution < -0.4 is 10.2 Å². The summed E-state index contributed by atoms with van der Waals surface area (Å²) in [6.07, 6.45) is 5.91. The number of anilines is 1. The molecular formula is C24H21N5S. The number of thiophene rings is 1. The molecule has 0 amide bonds. The molecule has 0 saturated carbocycles. The summed E-state index contributed by atoms with van der Waals surface area (Å²) < 4.78 is 3.35. The van der Waals surface area contributed by atoms with Crippen molar-refractivity contribution in [3.63, 3.8) is 0 Å². The highest BCUT2D eigenvalue weighted by Gasteiger charge is 2.13. The van der Waals surface area contributed by atoms with E-state index in [2.05, 4.69) is 78.6 Å². The van der Waals surface area contributed by atoms with Crippen LogP contribution in [0.2, 0.25) is 0 Å². The second-order valence-electron chi connectivity index (χ2n) is 7.57. The smallest absolute Gasteiger partial charge is 0.137 e. The number of aromatic nitrogens is 3. The molecule has 148 valence electrons. The van der Waals surface area contributed by atoms with E-state index in [-0.39, 0.29) is 0 Å². The Bertz CT molecular complexity index is 1330. The number of benzene rings is 1. The van der Waals surface area contributed by atoms with E-state index >= 15 is 0 Å². The third-order valence-corrected chi connectivity index (χ3v) is 6.74. The molecule has 5 aromatic rings. The standard InChI is InChI=1S/C24H21N5S/c1-2-22-24(26-8-1)20(16-30-22)21-15-27-23-14-18(7-11-29(21)23)17-3-5-19(6-4-17)28-12-9-25-10-13-28/h1-8,11,14-16,25H,9-10,12-13H2. The first kappa shape index (κ1) is 17.6. The highest BCUT2D eigenvalue weighted by Crippen LogP contribution is 2.33. The number of pyridine rings is 2. The van der Waals surface area contributed by atoms with Crippen LogP contribution in [0.25, 0.3) is 38.2 Å². The van der Waals surface area contributed by atoms with Gasteiger partial charge in [0.15, 0.2) is 0 Å². The quantitative estimate of drug-likeness (QED) is 0.468. The van der Waals surface area contributed by atoms with Crippen LogP contribution in [0.1, 0.15) is 0 Å². The number of fused-ring (bicyclic) bond motifs is 2. The van der Waals surface area contributed by atoms with Crippen molar-refractivity contribution >= 4 is 32.9 Å². The monoisotopic (exact) mass is 411 g/mol.